The fourth-order valence-electron chi connectivity index (χ4n) is 4.52. The van der Waals surface area contributed by atoms with Gasteiger partial charge in [-0.15, -0.1) is 0 Å². The van der Waals surface area contributed by atoms with E-state index in [0.717, 1.165) is 24.3 Å². The summed E-state index contributed by atoms with van der Waals surface area (Å²) in [7, 11) is 0. The number of carbonyl (C=O) groups is 3. The lowest BCUT2D eigenvalue weighted by Crippen LogP contribution is -2.59. The van der Waals surface area contributed by atoms with Crippen molar-refractivity contribution < 1.29 is 31.9 Å². The third kappa shape index (κ3) is 6.51. The Hall–Kier alpha value is -4.80. The number of hydrogen-bond donors (Lipinski definition) is 2. The summed E-state index contributed by atoms with van der Waals surface area (Å²) in [6.07, 6.45) is -4.31. The number of aliphatic imine (C=N–C) groups is 1. The van der Waals surface area contributed by atoms with Crippen LogP contribution in [-0.4, -0.2) is 41.4 Å². The maximum Gasteiger partial charge on any atom is 0.416 e. The molecule has 1 aliphatic rings. The molecule has 0 radical (unpaired) electrons. The number of aldehydes is 1. The molecular weight excluding hydrogens is 540 g/mol. The summed E-state index contributed by atoms with van der Waals surface area (Å²) < 4.78 is 53.7. The highest BCUT2D eigenvalue weighted by molar-refractivity contribution is 6.17. The van der Waals surface area contributed by atoms with Crippen LogP contribution in [0.4, 0.5) is 23.2 Å². The van der Waals surface area contributed by atoms with Crippen molar-refractivity contribution in [3.8, 4) is 0 Å². The number of nitrogens with two attached hydrogens (primary N) is 1. The third-order valence-electron chi connectivity index (χ3n) is 6.39. The number of carbonyl (C=O) groups excluding carboxylic acids is 3. The van der Waals surface area contributed by atoms with Gasteiger partial charge < -0.3 is 11.1 Å². The Kier molecular flexibility index (Phi) is 9.43. The van der Waals surface area contributed by atoms with Gasteiger partial charge in [-0.1, -0.05) is 43.8 Å². The van der Waals surface area contributed by atoms with Gasteiger partial charge in [0.15, 0.2) is 6.29 Å². The molecule has 2 atom stereocenters. The summed E-state index contributed by atoms with van der Waals surface area (Å²) >= 11 is 0. The molecular formula is C30H28F4N4O3. The van der Waals surface area contributed by atoms with E-state index >= 15 is 0 Å². The minimum Gasteiger partial charge on any atom is -0.396 e. The highest BCUT2D eigenvalue weighted by atomic mass is 19.4. The summed E-state index contributed by atoms with van der Waals surface area (Å²) in [5.74, 6) is -3.24. The molecule has 0 saturated carbocycles. The van der Waals surface area contributed by atoms with Gasteiger partial charge in [-0.25, -0.2) is 9.38 Å². The molecule has 41 heavy (non-hydrogen) atoms. The van der Waals surface area contributed by atoms with Crippen LogP contribution in [0.1, 0.15) is 41.8 Å². The second kappa shape index (κ2) is 12.6. The minimum atomic E-state index is -4.69. The Labute approximate surface area is 234 Å². The van der Waals surface area contributed by atoms with E-state index in [1.165, 1.54) is 23.1 Å². The zero-order valence-corrected chi connectivity index (χ0v) is 21.2. The fraction of sp³-hybridized carbons (Fsp3) is 0.200. The zero-order valence-electron chi connectivity index (χ0n) is 21.2. The number of nitrogens with zero attached hydrogens (tertiary/aromatic N) is 2. The quantitative estimate of drug-likeness (QED) is 0.237. The number of nitrogens with one attached hydrogen (secondary N) is 1. The average molecular weight is 569 g/mol. The van der Waals surface area contributed by atoms with E-state index in [-0.39, 0.29) is 36.6 Å². The molecule has 1 heterocycles. The van der Waals surface area contributed by atoms with Crippen LogP contribution in [0.25, 0.3) is 0 Å². The van der Waals surface area contributed by atoms with Crippen LogP contribution < -0.4 is 11.1 Å². The lowest BCUT2D eigenvalue weighted by molar-refractivity contribution is -0.137. The number of hydrogen-bond acceptors (Lipinski definition) is 5. The molecule has 0 aliphatic carbocycles. The Balaban J connectivity index is 0.00000462. The van der Waals surface area contributed by atoms with E-state index in [1.54, 1.807) is 37.3 Å². The summed E-state index contributed by atoms with van der Waals surface area (Å²) in [6.45, 7) is 1.71. The Morgan fingerprint density at radius 2 is 1.71 bits per heavy atom. The van der Waals surface area contributed by atoms with Crippen molar-refractivity contribution in [1.29, 1.82) is 0 Å². The van der Waals surface area contributed by atoms with Crippen molar-refractivity contribution in [2.45, 2.75) is 32.5 Å². The maximum atomic E-state index is 13.9. The highest BCUT2D eigenvalue weighted by Crippen LogP contribution is 2.37. The predicted molar refractivity (Wildman–Crippen MR) is 147 cm³/mol. The molecule has 2 amide bonds. The van der Waals surface area contributed by atoms with Crippen molar-refractivity contribution in [2.24, 2.45) is 10.7 Å². The van der Waals surface area contributed by atoms with Crippen LogP contribution in [0, 0.1) is 5.82 Å². The van der Waals surface area contributed by atoms with Gasteiger partial charge in [-0.3, -0.25) is 19.3 Å². The Bertz CT molecular complexity index is 1490. The first-order chi connectivity index (χ1) is 19.0. The second-order valence-corrected chi connectivity index (χ2v) is 8.90. The molecule has 1 aliphatic heterocycles. The summed E-state index contributed by atoms with van der Waals surface area (Å²) in [4.78, 5) is 44.9. The lowest BCUT2D eigenvalue weighted by Gasteiger charge is -2.41. The van der Waals surface area contributed by atoms with Gasteiger partial charge in [-0.2, -0.15) is 13.2 Å². The molecule has 0 spiro atoms. The van der Waals surface area contributed by atoms with Crippen molar-refractivity contribution >= 4 is 29.6 Å². The number of alkyl halides is 3. The normalized spacial score (nSPS) is 19.4. The molecule has 7 nitrogen and oxygen atoms in total. The molecule has 1 fully saturated rings. The topological polar surface area (TPSA) is 105 Å². The number of likely N-dealkylation sites (N-methyl/N-ethyl adjacent to an activating group) is 1. The number of allylic oxidation sites excluding steroid dienone is 1. The van der Waals surface area contributed by atoms with Crippen LogP contribution in [0.3, 0.4) is 0 Å². The van der Waals surface area contributed by atoms with Crippen LogP contribution >= 0.6 is 0 Å². The Morgan fingerprint density at radius 1 is 1.05 bits per heavy atom. The molecule has 3 N–H and O–H groups in total. The molecule has 2 unspecified atom stereocenters. The van der Waals surface area contributed by atoms with Gasteiger partial charge in [0.1, 0.15) is 17.7 Å². The van der Waals surface area contributed by atoms with Gasteiger partial charge in [0, 0.05) is 23.6 Å². The third-order valence-corrected chi connectivity index (χ3v) is 6.39. The first-order valence-electron chi connectivity index (χ1n) is 12.2. The number of piperidine rings is 1. The Morgan fingerprint density at radius 3 is 2.29 bits per heavy atom. The second-order valence-electron chi connectivity index (χ2n) is 8.90. The first-order valence-corrected chi connectivity index (χ1v) is 12.2. The molecule has 1 saturated heterocycles. The zero-order chi connectivity index (χ0) is 29.0. The highest BCUT2D eigenvalue weighted by Gasteiger charge is 2.46. The standard InChI is InChI=1S/C29H24F4N4O3.CH4/c1-2-37-26(35-21-9-4-3-5-10-21)24(22(34)16-38)23(17-11-13-20(30)14-12-17)25(28(37)40)36-27(39)18-7-6-8-19(15-18)29(31,32)33;/h3-16,23,25H,2,34H2,1H3,(H,36,39);1H4/b24-22-,35-26?;. The maximum absolute atomic E-state index is 13.9. The molecule has 4 rings (SSSR count). The van der Waals surface area contributed by atoms with Crippen LogP contribution in [0.5, 0.6) is 0 Å². The van der Waals surface area contributed by atoms with Crippen molar-refractivity contribution in [3.05, 3.63) is 113 Å². The monoisotopic (exact) mass is 568 g/mol. The largest absolute Gasteiger partial charge is 0.416 e. The van der Waals surface area contributed by atoms with E-state index < -0.39 is 41.3 Å². The number of rotatable bonds is 6. The van der Waals surface area contributed by atoms with Gasteiger partial charge in [0.2, 0.25) is 0 Å². The minimum absolute atomic E-state index is 0. The number of amidine groups is 1. The van der Waals surface area contributed by atoms with E-state index in [2.05, 4.69) is 10.3 Å². The van der Waals surface area contributed by atoms with Gasteiger partial charge >= 0.3 is 6.18 Å². The summed E-state index contributed by atoms with van der Waals surface area (Å²) in [5, 5.41) is 2.53. The number of para-hydroxylation sites is 1. The summed E-state index contributed by atoms with van der Waals surface area (Å²) in [6, 6.07) is 15.9. The molecule has 214 valence electrons. The van der Waals surface area contributed by atoms with E-state index in [4.69, 9.17) is 5.73 Å². The van der Waals surface area contributed by atoms with Gasteiger partial charge in [-0.05, 0) is 55.0 Å². The van der Waals surface area contributed by atoms with Gasteiger partial charge in [0.05, 0.1) is 16.9 Å². The lowest BCUT2D eigenvalue weighted by atomic mass is 9.78. The smallest absolute Gasteiger partial charge is 0.396 e. The average Bonchev–Trinajstić information content (AvgIpc) is 2.94. The molecule has 0 bridgehead atoms. The number of amides is 2. The number of likely N-dealkylation sites (tertiary alicyclic amines) is 1. The van der Waals surface area contributed by atoms with Crippen molar-refractivity contribution in [3.63, 3.8) is 0 Å². The number of halogens is 4. The molecule has 11 heteroatoms. The van der Waals surface area contributed by atoms with Crippen molar-refractivity contribution in [2.75, 3.05) is 6.54 Å². The number of benzene rings is 3. The molecule has 3 aromatic carbocycles. The SMILES string of the molecule is C.CCN1C(=O)C(NC(=O)c2cccc(C(F)(F)F)c2)C(c2ccc(F)cc2)/C(=C(/N)C=O)C1=Nc1ccccc1. The first kappa shape index (κ1) is 30.7. The van der Waals surface area contributed by atoms with Gasteiger partial charge in [0.25, 0.3) is 11.8 Å². The fourth-order valence-corrected chi connectivity index (χ4v) is 4.52. The van der Waals surface area contributed by atoms with E-state index in [0.29, 0.717) is 23.6 Å². The van der Waals surface area contributed by atoms with E-state index in [9.17, 15) is 31.9 Å². The van der Waals surface area contributed by atoms with E-state index in [1.807, 2.05) is 0 Å². The van der Waals surface area contributed by atoms with Crippen molar-refractivity contribution in [1.82, 2.24) is 10.2 Å². The molecule has 0 aromatic heterocycles. The van der Waals surface area contributed by atoms with Crippen LogP contribution in [-0.2, 0) is 15.8 Å². The summed E-state index contributed by atoms with van der Waals surface area (Å²) in [5.41, 5.74) is 5.38. The van der Waals surface area contributed by atoms with Crippen LogP contribution in [0.15, 0.2) is 95.1 Å². The predicted octanol–water partition coefficient (Wildman–Crippen LogP) is 5.37. The molecule has 3 aromatic rings. The van der Waals surface area contributed by atoms with Crippen LogP contribution in [0.2, 0.25) is 0 Å².